The number of hydrogen-bond donors (Lipinski definition) is 1. The molecule has 15 heavy (non-hydrogen) atoms. The number of aromatic nitrogens is 1. The second kappa shape index (κ2) is 4.61. The molecule has 1 heterocycles. The number of hydrogen-bond acceptors (Lipinski definition) is 3. The number of carbonyl (C=O) groups is 1. The number of methoxy groups -OCH3 is 1. The van der Waals surface area contributed by atoms with Crippen LogP contribution in [0.3, 0.4) is 0 Å². The molecule has 0 saturated carbocycles. The van der Waals surface area contributed by atoms with Gasteiger partial charge in [-0.1, -0.05) is 13.8 Å². The first kappa shape index (κ1) is 12.0. The predicted molar refractivity (Wildman–Crippen MR) is 59.5 cm³/mol. The van der Waals surface area contributed by atoms with Crippen molar-refractivity contribution in [3.05, 3.63) is 21.8 Å². The molecule has 5 heteroatoms. The fraction of sp³-hybridized carbons (Fsp3) is 0.400. The van der Waals surface area contributed by atoms with Crippen LogP contribution in [0.2, 0.25) is 0 Å². The third-order valence-corrected chi connectivity index (χ3v) is 2.56. The van der Waals surface area contributed by atoms with Crippen LogP contribution in [0.15, 0.2) is 10.5 Å². The standard InChI is InChI=1S/C10H12BrNO3/c1-5(2)6-4-7(11)9(15-3)12-8(6)10(13)14/h4-5H,1-3H3,(H,13,14). The molecule has 0 aliphatic rings. The van der Waals surface area contributed by atoms with Gasteiger partial charge in [0.25, 0.3) is 0 Å². The second-order valence-corrected chi connectivity index (χ2v) is 4.23. The van der Waals surface area contributed by atoms with Gasteiger partial charge in [-0.25, -0.2) is 9.78 Å². The van der Waals surface area contributed by atoms with Crippen molar-refractivity contribution in [2.45, 2.75) is 19.8 Å². The number of nitrogens with zero attached hydrogens (tertiary/aromatic N) is 1. The van der Waals surface area contributed by atoms with Crippen molar-refractivity contribution in [3.8, 4) is 5.88 Å². The summed E-state index contributed by atoms with van der Waals surface area (Å²) in [6, 6.07) is 1.74. The molecule has 0 aromatic carbocycles. The highest BCUT2D eigenvalue weighted by atomic mass is 79.9. The summed E-state index contributed by atoms with van der Waals surface area (Å²) in [6.07, 6.45) is 0. The number of ether oxygens (including phenoxy) is 1. The molecule has 0 amide bonds. The van der Waals surface area contributed by atoms with E-state index >= 15 is 0 Å². The fourth-order valence-electron chi connectivity index (χ4n) is 1.24. The molecule has 0 radical (unpaired) electrons. The Morgan fingerprint density at radius 1 is 1.60 bits per heavy atom. The van der Waals surface area contributed by atoms with Gasteiger partial charge >= 0.3 is 5.97 Å². The minimum absolute atomic E-state index is 0.0463. The second-order valence-electron chi connectivity index (χ2n) is 3.38. The third-order valence-electron chi connectivity index (χ3n) is 1.99. The topological polar surface area (TPSA) is 59.4 Å². The maximum Gasteiger partial charge on any atom is 0.354 e. The van der Waals surface area contributed by atoms with E-state index in [0.29, 0.717) is 10.0 Å². The Morgan fingerprint density at radius 3 is 2.60 bits per heavy atom. The maximum atomic E-state index is 11.0. The Hall–Kier alpha value is -1.10. The smallest absolute Gasteiger partial charge is 0.354 e. The summed E-state index contributed by atoms with van der Waals surface area (Å²) in [4.78, 5) is 14.9. The SMILES string of the molecule is COc1nc(C(=O)O)c(C(C)C)cc1Br. The van der Waals surface area contributed by atoms with E-state index in [1.54, 1.807) is 6.07 Å². The zero-order chi connectivity index (χ0) is 11.6. The monoisotopic (exact) mass is 273 g/mol. The van der Waals surface area contributed by atoms with Gasteiger partial charge in [-0.15, -0.1) is 0 Å². The lowest BCUT2D eigenvalue weighted by Crippen LogP contribution is -2.08. The molecule has 0 saturated heterocycles. The first-order valence-electron chi connectivity index (χ1n) is 4.45. The third kappa shape index (κ3) is 2.47. The zero-order valence-corrected chi connectivity index (χ0v) is 10.3. The van der Waals surface area contributed by atoms with Crippen molar-refractivity contribution in [1.29, 1.82) is 0 Å². The van der Waals surface area contributed by atoms with Gasteiger partial charge in [0.1, 0.15) is 0 Å². The van der Waals surface area contributed by atoms with Gasteiger partial charge in [-0.3, -0.25) is 0 Å². The van der Waals surface area contributed by atoms with E-state index in [1.807, 2.05) is 13.8 Å². The van der Waals surface area contributed by atoms with Crippen molar-refractivity contribution in [3.63, 3.8) is 0 Å². The molecule has 0 fully saturated rings. The zero-order valence-electron chi connectivity index (χ0n) is 8.74. The quantitative estimate of drug-likeness (QED) is 0.920. The molecule has 0 spiro atoms. The van der Waals surface area contributed by atoms with Crippen LogP contribution in [0.1, 0.15) is 35.8 Å². The Bertz CT molecular complexity index is 390. The first-order chi connectivity index (χ1) is 6.97. The number of halogens is 1. The van der Waals surface area contributed by atoms with Crippen LogP contribution in [0.5, 0.6) is 5.88 Å². The molecule has 0 aliphatic carbocycles. The molecule has 0 unspecified atom stereocenters. The number of rotatable bonds is 3. The lowest BCUT2D eigenvalue weighted by atomic mass is 10.0. The van der Waals surface area contributed by atoms with Gasteiger partial charge in [0, 0.05) is 0 Å². The summed E-state index contributed by atoms with van der Waals surface area (Å²) in [5, 5.41) is 8.99. The van der Waals surface area contributed by atoms with E-state index < -0.39 is 5.97 Å². The van der Waals surface area contributed by atoms with Gasteiger partial charge in [0.2, 0.25) is 5.88 Å². The van der Waals surface area contributed by atoms with Crippen molar-refractivity contribution in [1.82, 2.24) is 4.98 Å². The van der Waals surface area contributed by atoms with Gasteiger partial charge in [-0.05, 0) is 33.5 Å². The van der Waals surface area contributed by atoms with Crippen molar-refractivity contribution in [2.24, 2.45) is 0 Å². The molecule has 1 N–H and O–H groups in total. The molecule has 0 atom stereocenters. The number of carboxylic acids is 1. The molecular weight excluding hydrogens is 262 g/mol. The molecular formula is C10H12BrNO3. The first-order valence-corrected chi connectivity index (χ1v) is 5.24. The Morgan fingerprint density at radius 2 is 2.20 bits per heavy atom. The minimum Gasteiger partial charge on any atom is -0.480 e. The van der Waals surface area contributed by atoms with E-state index in [9.17, 15) is 4.79 Å². The van der Waals surface area contributed by atoms with E-state index in [1.165, 1.54) is 7.11 Å². The summed E-state index contributed by atoms with van der Waals surface area (Å²) < 4.78 is 5.61. The van der Waals surface area contributed by atoms with E-state index in [-0.39, 0.29) is 17.5 Å². The molecule has 1 aromatic heterocycles. The highest BCUT2D eigenvalue weighted by Gasteiger charge is 2.18. The number of carboxylic acid groups (broad SMARTS) is 1. The van der Waals surface area contributed by atoms with E-state index in [2.05, 4.69) is 20.9 Å². The van der Waals surface area contributed by atoms with Crippen LogP contribution in [0, 0.1) is 0 Å². The Kier molecular flexibility index (Phi) is 3.68. The average Bonchev–Trinajstić information content (AvgIpc) is 2.16. The largest absolute Gasteiger partial charge is 0.480 e. The fourth-order valence-corrected chi connectivity index (χ4v) is 1.74. The van der Waals surface area contributed by atoms with Crippen LogP contribution in [-0.2, 0) is 0 Å². The molecule has 1 aromatic rings. The summed E-state index contributed by atoms with van der Waals surface area (Å²) in [7, 11) is 1.45. The van der Waals surface area contributed by atoms with Gasteiger partial charge in [-0.2, -0.15) is 0 Å². The normalized spacial score (nSPS) is 10.5. The molecule has 0 bridgehead atoms. The average molecular weight is 274 g/mol. The van der Waals surface area contributed by atoms with E-state index in [4.69, 9.17) is 9.84 Å². The Balaban J connectivity index is 3.39. The van der Waals surface area contributed by atoms with Crippen LogP contribution in [-0.4, -0.2) is 23.2 Å². The maximum absolute atomic E-state index is 11.0. The van der Waals surface area contributed by atoms with Crippen LogP contribution in [0.4, 0.5) is 0 Å². The molecule has 4 nitrogen and oxygen atoms in total. The predicted octanol–water partition coefficient (Wildman–Crippen LogP) is 2.67. The molecule has 1 rings (SSSR count). The van der Waals surface area contributed by atoms with Crippen LogP contribution < -0.4 is 4.74 Å². The van der Waals surface area contributed by atoms with Gasteiger partial charge in [0.15, 0.2) is 5.69 Å². The number of pyridine rings is 1. The van der Waals surface area contributed by atoms with Crippen LogP contribution in [0.25, 0.3) is 0 Å². The number of aromatic carboxylic acids is 1. The van der Waals surface area contributed by atoms with Crippen molar-refractivity contribution in [2.75, 3.05) is 7.11 Å². The van der Waals surface area contributed by atoms with Crippen LogP contribution >= 0.6 is 15.9 Å². The Labute approximate surface area is 96.4 Å². The van der Waals surface area contributed by atoms with Crippen molar-refractivity contribution < 1.29 is 14.6 Å². The highest BCUT2D eigenvalue weighted by Crippen LogP contribution is 2.28. The minimum atomic E-state index is -1.04. The molecule has 82 valence electrons. The van der Waals surface area contributed by atoms with Gasteiger partial charge in [0.05, 0.1) is 11.6 Å². The highest BCUT2D eigenvalue weighted by molar-refractivity contribution is 9.10. The summed E-state index contributed by atoms with van der Waals surface area (Å²) >= 11 is 3.28. The van der Waals surface area contributed by atoms with E-state index in [0.717, 1.165) is 0 Å². The summed E-state index contributed by atoms with van der Waals surface area (Å²) in [5.41, 5.74) is 0.736. The van der Waals surface area contributed by atoms with Gasteiger partial charge < -0.3 is 9.84 Å². The lowest BCUT2D eigenvalue weighted by Gasteiger charge is -2.11. The van der Waals surface area contributed by atoms with Crippen molar-refractivity contribution >= 4 is 21.9 Å². The summed E-state index contributed by atoms with van der Waals surface area (Å²) in [5.74, 6) is -0.646. The lowest BCUT2D eigenvalue weighted by molar-refractivity contribution is 0.0687. The molecule has 0 aliphatic heterocycles. The summed E-state index contributed by atoms with van der Waals surface area (Å²) in [6.45, 7) is 3.84.